The quantitative estimate of drug-likeness (QED) is 0.840. The summed E-state index contributed by atoms with van der Waals surface area (Å²) in [7, 11) is 0. The number of aryl methyl sites for hydroxylation is 1. The highest BCUT2D eigenvalue weighted by atomic mass is 16.3. The van der Waals surface area contributed by atoms with Crippen LogP contribution in [-0.2, 0) is 13.0 Å². The maximum absolute atomic E-state index is 9.98. The van der Waals surface area contributed by atoms with Gasteiger partial charge in [0.15, 0.2) is 0 Å². The molecule has 1 unspecified atom stereocenters. The predicted molar refractivity (Wildman–Crippen MR) is 59.9 cm³/mol. The van der Waals surface area contributed by atoms with E-state index in [9.17, 15) is 5.11 Å². The molecule has 0 saturated heterocycles. The van der Waals surface area contributed by atoms with Gasteiger partial charge >= 0.3 is 0 Å². The summed E-state index contributed by atoms with van der Waals surface area (Å²) >= 11 is 0. The van der Waals surface area contributed by atoms with Gasteiger partial charge < -0.3 is 9.52 Å². The van der Waals surface area contributed by atoms with Crippen molar-refractivity contribution in [1.82, 2.24) is 9.78 Å². The van der Waals surface area contributed by atoms with Crippen molar-refractivity contribution in [2.45, 2.75) is 32.4 Å². The number of hydrogen-bond donors (Lipinski definition) is 1. The molecule has 4 heteroatoms. The fourth-order valence-corrected chi connectivity index (χ4v) is 1.65. The van der Waals surface area contributed by atoms with E-state index in [1.54, 1.807) is 18.7 Å². The Bertz CT molecular complexity index is 420. The van der Waals surface area contributed by atoms with Crippen molar-refractivity contribution >= 4 is 0 Å². The lowest BCUT2D eigenvalue weighted by Crippen LogP contribution is -2.00. The number of hydrogen-bond acceptors (Lipinski definition) is 3. The monoisotopic (exact) mass is 220 g/mol. The molecular weight excluding hydrogens is 204 g/mol. The van der Waals surface area contributed by atoms with E-state index in [0.717, 1.165) is 24.1 Å². The molecule has 0 radical (unpaired) electrons. The van der Waals surface area contributed by atoms with Gasteiger partial charge in [-0.1, -0.05) is 6.92 Å². The molecule has 1 atom stereocenters. The van der Waals surface area contributed by atoms with Gasteiger partial charge in [-0.05, 0) is 18.1 Å². The van der Waals surface area contributed by atoms with E-state index >= 15 is 0 Å². The van der Waals surface area contributed by atoms with Crippen LogP contribution in [0.4, 0.5) is 0 Å². The molecule has 0 spiro atoms. The maximum atomic E-state index is 9.98. The zero-order valence-corrected chi connectivity index (χ0v) is 9.34. The molecular formula is C12H16N2O2. The van der Waals surface area contributed by atoms with Gasteiger partial charge in [0.2, 0.25) is 0 Å². The molecule has 2 aromatic rings. The van der Waals surface area contributed by atoms with Crippen molar-refractivity contribution in [3.05, 3.63) is 42.1 Å². The Labute approximate surface area is 94.5 Å². The van der Waals surface area contributed by atoms with Crippen molar-refractivity contribution in [3.63, 3.8) is 0 Å². The minimum absolute atomic E-state index is 0.511. The molecule has 2 aromatic heterocycles. The zero-order chi connectivity index (χ0) is 11.4. The lowest BCUT2D eigenvalue weighted by molar-refractivity contribution is 0.178. The summed E-state index contributed by atoms with van der Waals surface area (Å²) in [4.78, 5) is 0. The second-order valence-corrected chi connectivity index (χ2v) is 3.89. The Balaban J connectivity index is 2.00. The van der Waals surface area contributed by atoms with Crippen molar-refractivity contribution in [1.29, 1.82) is 0 Å². The smallest absolute Gasteiger partial charge is 0.0935 e. The van der Waals surface area contributed by atoms with E-state index in [1.165, 1.54) is 0 Å². The lowest BCUT2D eigenvalue weighted by Gasteiger charge is -2.05. The van der Waals surface area contributed by atoms with Crippen LogP contribution in [0.3, 0.4) is 0 Å². The average Bonchev–Trinajstić information content (AvgIpc) is 2.89. The summed E-state index contributed by atoms with van der Waals surface area (Å²) in [6, 6.07) is 1.86. The Morgan fingerprint density at radius 2 is 2.44 bits per heavy atom. The highest BCUT2D eigenvalue weighted by Gasteiger charge is 2.11. The molecule has 2 rings (SSSR count). The molecule has 0 fully saturated rings. The van der Waals surface area contributed by atoms with Crippen LogP contribution in [0.25, 0.3) is 0 Å². The molecule has 1 N–H and O–H groups in total. The van der Waals surface area contributed by atoms with Gasteiger partial charge in [0.1, 0.15) is 0 Å². The minimum Gasteiger partial charge on any atom is -0.472 e. The second-order valence-electron chi connectivity index (χ2n) is 3.89. The van der Waals surface area contributed by atoms with Crippen LogP contribution in [0.5, 0.6) is 0 Å². The largest absolute Gasteiger partial charge is 0.472 e. The Morgan fingerprint density at radius 1 is 1.56 bits per heavy atom. The number of rotatable bonds is 5. The van der Waals surface area contributed by atoms with Gasteiger partial charge in [-0.3, -0.25) is 4.68 Å². The van der Waals surface area contributed by atoms with Crippen LogP contribution in [0, 0.1) is 0 Å². The zero-order valence-electron chi connectivity index (χ0n) is 9.34. The normalized spacial score (nSPS) is 12.9. The summed E-state index contributed by atoms with van der Waals surface area (Å²) in [5.74, 6) is 0. The summed E-state index contributed by atoms with van der Waals surface area (Å²) in [5.41, 5.74) is 1.85. The SMILES string of the molecule is CCCn1cc(C(O)Cc2ccoc2)cn1. The van der Waals surface area contributed by atoms with Crippen LogP contribution in [0.2, 0.25) is 0 Å². The fourth-order valence-electron chi connectivity index (χ4n) is 1.65. The highest BCUT2D eigenvalue weighted by Crippen LogP contribution is 2.17. The fraction of sp³-hybridized carbons (Fsp3) is 0.417. The summed E-state index contributed by atoms with van der Waals surface area (Å²) in [6.45, 7) is 2.99. The molecule has 0 bridgehead atoms. The van der Waals surface area contributed by atoms with E-state index < -0.39 is 6.10 Å². The van der Waals surface area contributed by atoms with Crippen LogP contribution in [-0.4, -0.2) is 14.9 Å². The number of aliphatic hydroxyl groups is 1. The van der Waals surface area contributed by atoms with Crippen molar-refractivity contribution in [3.8, 4) is 0 Å². The van der Waals surface area contributed by atoms with Gasteiger partial charge in [0.25, 0.3) is 0 Å². The molecule has 2 heterocycles. The van der Waals surface area contributed by atoms with Crippen LogP contribution < -0.4 is 0 Å². The molecule has 0 aliphatic carbocycles. The maximum Gasteiger partial charge on any atom is 0.0935 e. The van der Waals surface area contributed by atoms with Crippen molar-refractivity contribution < 1.29 is 9.52 Å². The first kappa shape index (κ1) is 11.0. The molecule has 16 heavy (non-hydrogen) atoms. The summed E-state index contributed by atoms with van der Waals surface area (Å²) in [6.07, 6.45) is 7.98. The van der Waals surface area contributed by atoms with Crippen LogP contribution in [0.1, 0.15) is 30.6 Å². The van der Waals surface area contributed by atoms with Gasteiger partial charge in [0.05, 0.1) is 24.8 Å². The molecule has 0 aliphatic rings. The predicted octanol–water partition coefficient (Wildman–Crippen LogP) is 2.16. The number of nitrogens with zero attached hydrogens (tertiary/aromatic N) is 2. The van der Waals surface area contributed by atoms with E-state index in [0.29, 0.717) is 6.42 Å². The van der Waals surface area contributed by atoms with E-state index in [2.05, 4.69) is 12.0 Å². The van der Waals surface area contributed by atoms with Gasteiger partial charge in [-0.2, -0.15) is 5.10 Å². The first-order valence-corrected chi connectivity index (χ1v) is 5.51. The first-order chi connectivity index (χ1) is 7.79. The third kappa shape index (κ3) is 2.52. The average molecular weight is 220 g/mol. The Kier molecular flexibility index (Phi) is 3.41. The van der Waals surface area contributed by atoms with Gasteiger partial charge in [0, 0.05) is 24.7 Å². The molecule has 0 aliphatic heterocycles. The van der Waals surface area contributed by atoms with Gasteiger partial charge in [-0.15, -0.1) is 0 Å². The third-order valence-corrected chi connectivity index (χ3v) is 2.50. The molecule has 86 valence electrons. The number of aliphatic hydroxyl groups excluding tert-OH is 1. The minimum atomic E-state index is -0.511. The Hall–Kier alpha value is -1.55. The van der Waals surface area contributed by atoms with E-state index in [-0.39, 0.29) is 0 Å². The third-order valence-electron chi connectivity index (χ3n) is 2.50. The lowest BCUT2D eigenvalue weighted by atomic mass is 10.1. The van der Waals surface area contributed by atoms with Crippen molar-refractivity contribution in [2.24, 2.45) is 0 Å². The molecule has 4 nitrogen and oxygen atoms in total. The Morgan fingerprint density at radius 3 is 3.12 bits per heavy atom. The van der Waals surface area contributed by atoms with Crippen molar-refractivity contribution in [2.75, 3.05) is 0 Å². The highest BCUT2D eigenvalue weighted by molar-refractivity contribution is 5.14. The standard InChI is InChI=1S/C12H16N2O2/c1-2-4-14-8-11(7-13-14)12(15)6-10-3-5-16-9-10/h3,5,7-9,12,15H,2,4,6H2,1H3. The van der Waals surface area contributed by atoms with Gasteiger partial charge in [-0.25, -0.2) is 0 Å². The molecule has 0 saturated carbocycles. The molecule has 0 aromatic carbocycles. The van der Waals surface area contributed by atoms with Crippen LogP contribution in [0.15, 0.2) is 35.4 Å². The summed E-state index contributed by atoms with van der Waals surface area (Å²) in [5, 5.41) is 14.2. The molecule has 0 amide bonds. The van der Waals surface area contributed by atoms with Crippen LogP contribution >= 0.6 is 0 Å². The van der Waals surface area contributed by atoms with E-state index in [1.807, 2.05) is 16.9 Å². The second kappa shape index (κ2) is 4.99. The topological polar surface area (TPSA) is 51.2 Å². The number of furan rings is 1. The summed E-state index contributed by atoms with van der Waals surface area (Å²) < 4.78 is 6.82. The van der Waals surface area contributed by atoms with E-state index in [4.69, 9.17) is 4.42 Å². The number of aromatic nitrogens is 2. The first-order valence-electron chi connectivity index (χ1n) is 5.51.